The van der Waals surface area contributed by atoms with Crippen molar-refractivity contribution in [3.05, 3.63) is 34.0 Å². The van der Waals surface area contributed by atoms with E-state index in [-0.39, 0.29) is 18.4 Å². The van der Waals surface area contributed by atoms with E-state index in [1.54, 1.807) is 6.92 Å². The minimum Gasteiger partial charge on any atom is -0.462 e. The molecule has 0 radical (unpaired) electrons. The fourth-order valence-electron chi connectivity index (χ4n) is 3.51. The normalized spacial score (nSPS) is 13.4. The van der Waals surface area contributed by atoms with Gasteiger partial charge in [0.15, 0.2) is 0 Å². The van der Waals surface area contributed by atoms with Gasteiger partial charge in [0, 0.05) is 29.7 Å². The molecule has 152 valence electrons. The fraction of sp³-hybridized carbons (Fsp3) is 0.550. The molecule has 1 aliphatic rings. The minimum atomic E-state index is -0.336. The number of carbonyl (C=O) groups excluding carboxylic acids is 2. The average molecular weight is 405 g/mol. The first-order chi connectivity index (χ1) is 13.5. The van der Waals surface area contributed by atoms with Gasteiger partial charge in [0.25, 0.3) is 0 Å². The predicted molar refractivity (Wildman–Crippen MR) is 110 cm³/mol. The number of thiophene rings is 1. The highest BCUT2D eigenvalue weighted by atomic mass is 32.1. The molecule has 7 nitrogen and oxygen atoms in total. The highest BCUT2D eigenvalue weighted by Crippen LogP contribution is 2.38. The van der Waals surface area contributed by atoms with Crippen LogP contribution >= 0.6 is 11.3 Å². The van der Waals surface area contributed by atoms with Crippen molar-refractivity contribution in [3.63, 3.8) is 0 Å². The topological polar surface area (TPSA) is 76.5 Å². The number of hydrogen-bond donors (Lipinski definition) is 1. The van der Waals surface area contributed by atoms with Crippen LogP contribution in [0.3, 0.4) is 0 Å². The number of likely N-dealkylation sites (N-methyl/N-ethyl adjacent to an activating group) is 1. The summed E-state index contributed by atoms with van der Waals surface area (Å²) in [6, 6.07) is 0. The van der Waals surface area contributed by atoms with Gasteiger partial charge in [-0.1, -0.05) is 0 Å². The molecule has 0 saturated carbocycles. The SMILES string of the molecule is CCOC(=O)c1c(NC(=O)CN(C)Cc2cnn(CC)c2)sc2c1CCCC2. The zero-order chi connectivity index (χ0) is 20.1. The van der Waals surface area contributed by atoms with E-state index in [2.05, 4.69) is 10.4 Å². The number of fused-ring (bicyclic) bond motifs is 1. The zero-order valence-corrected chi connectivity index (χ0v) is 17.6. The van der Waals surface area contributed by atoms with E-state index >= 15 is 0 Å². The molecule has 2 aromatic heterocycles. The smallest absolute Gasteiger partial charge is 0.341 e. The van der Waals surface area contributed by atoms with Crippen molar-refractivity contribution in [2.24, 2.45) is 0 Å². The van der Waals surface area contributed by atoms with Crippen LogP contribution in [0.25, 0.3) is 0 Å². The predicted octanol–water partition coefficient (Wildman–Crippen LogP) is 3.09. The van der Waals surface area contributed by atoms with Crippen LogP contribution in [0.4, 0.5) is 5.00 Å². The van der Waals surface area contributed by atoms with Crippen LogP contribution in [0.15, 0.2) is 12.4 Å². The van der Waals surface area contributed by atoms with Crippen molar-refractivity contribution >= 4 is 28.2 Å². The Bertz CT molecular complexity index is 843. The number of esters is 1. The summed E-state index contributed by atoms with van der Waals surface area (Å²) >= 11 is 1.52. The largest absolute Gasteiger partial charge is 0.462 e. The summed E-state index contributed by atoms with van der Waals surface area (Å²) in [7, 11) is 1.90. The molecule has 0 bridgehead atoms. The van der Waals surface area contributed by atoms with Crippen molar-refractivity contribution < 1.29 is 14.3 Å². The van der Waals surface area contributed by atoms with Gasteiger partial charge in [0.05, 0.1) is 24.9 Å². The van der Waals surface area contributed by atoms with E-state index in [0.29, 0.717) is 23.7 Å². The number of ether oxygens (including phenoxy) is 1. The Labute approximate surface area is 169 Å². The molecule has 8 heteroatoms. The second-order valence-electron chi connectivity index (χ2n) is 7.06. The third-order valence-corrected chi connectivity index (χ3v) is 5.99. The van der Waals surface area contributed by atoms with Gasteiger partial charge in [-0.2, -0.15) is 5.10 Å². The highest BCUT2D eigenvalue weighted by molar-refractivity contribution is 7.17. The van der Waals surface area contributed by atoms with Crippen LogP contribution in [0.2, 0.25) is 0 Å². The molecule has 0 unspecified atom stereocenters. The van der Waals surface area contributed by atoms with E-state index in [1.807, 2.05) is 35.9 Å². The Morgan fingerprint density at radius 2 is 2.11 bits per heavy atom. The first-order valence-corrected chi connectivity index (χ1v) is 10.6. The van der Waals surface area contributed by atoms with Gasteiger partial charge < -0.3 is 10.1 Å². The quantitative estimate of drug-likeness (QED) is 0.684. The third-order valence-electron chi connectivity index (χ3n) is 4.78. The van der Waals surface area contributed by atoms with Crippen LogP contribution in [-0.4, -0.2) is 46.8 Å². The molecular weight excluding hydrogens is 376 g/mol. The molecule has 2 heterocycles. The van der Waals surface area contributed by atoms with Gasteiger partial charge >= 0.3 is 5.97 Å². The molecule has 2 aromatic rings. The molecule has 0 saturated heterocycles. The standard InChI is InChI=1S/C20H28N4O3S/c1-4-24-12-14(10-21-24)11-23(3)13-17(25)22-19-18(20(26)27-5-2)15-8-6-7-9-16(15)28-19/h10,12H,4-9,11,13H2,1-3H3,(H,22,25). The van der Waals surface area contributed by atoms with Gasteiger partial charge in [0.2, 0.25) is 5.91 Å². The molecule has 0 fully saturated rings. The molecule has 0 aliphatic heterocycles. The Morgan fingerprint density at radius 3 is 2.82 bits per heavy atom. The maximum Gasteiger partial charge on any atom is 0.341 e. The van der Waals surface area contributed by atoms with Gasteiger partial charge in [-0.05, 0) is 52.1 Å². The van der Waals surface area contributed by atoms with Gasteiger partial charge in [-0.15, -0.1) is 11.3 Å². The molecule has 0 aromatic carbocycles. The first kappa shape index (κ1) is 20.5. The Morgan fingerprint density at radius 1 is 1.32 bits per heavy atom. The fourth-order valence-corrected chi connectivity index (χ4v) is 4.81. The summed E-state index contributed by atoms with van der Waals surface area (Å²) in [6.45, 7) is 5.86. The number of aryl methyl sites for hydroxylation is 2. The second kappa shape index (κ2) is 9.34. The van der Waals surface area contributed by atoms with E-state index in [4.69, 9.17) is 4.74 Å². The van der Waals surface area contributed by atoms with Crippen molar-refractivity contribution in [1.29, 1.82) is 0 Å². The van der Waals surface area contributed by atoms with Crippen LogP contribution in [0.1, 0.15) is 53.1 Å². The Hall–Kier alpha value is -2.19. The molecule has 0 spiro atoms. The third kappa shape index (κ3) is 4.80. The van der Waals surface area contributed by atoms with E-state index in [1.165, 1.54) is 16.2 Å². The van der Waals surface area contributed by atoms with Crippen LogP contribution in [-0.2, 0) is 35.5 Å². The van der Waals surface area contributed by atoms with Crippen molar-refractivity contribution in [1.82, 2.24) is 14.7 Å². The maximum absolute atomic E-state index is 12.6. The number of rotatable bonds is 8. The van der Waals surface area contributed by atoms with Gasteiger partial charge in [-0.3, -0.25) is 14.4 Å². The van der Waals surface area contributed by atoms with E-state index < -0.39 is 0 Å². The van der Waals surface area contributed by atoms with Crippen molar-refractivity contribution in [3.8, 4) is 0 Å². The highest BCUT2D eigenvalue weighted by Gasteiger charge is 2.27. The van der Waals surface area contributed by atoms with Crippen LogP contribution in [0.5, 0.6) is 0 Å². The summed E-state index contributed by atoms with van der Waals surface area (Å²) in [4.78, 5) is 28.2. The number of amides is 1. The van der Waals surface area contributed by atoms with Crippen molar-refractivity contribution in [2.45, 2.75) is 52.6 Å². The monoisotopic (exact) mass is 404 g/mol. The second-order valence-corrected chi connectivity index (χ2v) is 8.17. The van der Waals surface area contributed by atoms with Crippen LogP contribution < -0.4 is 5.32 Å². The molecule has 0 atom stereocenters. The minimum absolute atomic E-state index is 0.130. The molecule has 1 amide bonds. The number of anilines is 1. The molecular formula is C20H28N4O3S. The number of nitrogens with zero attached hydrogens (tertiary/aromatic N) is 3. The lowest BCUT2D eigenvalue weighted by molar-refractivity contribution is -0.117. The zero-order valence-electron chi connectivity index (χ0n) is 16.8. The number of carbonyl (C=O) groups is 2. The Balaban J connectivity index is 1.67. The maximum atomic E-state index is 12.6. The molecule has 1 aliphatic carbocycles. The number of nitrogens with one attached hydrogen (secondary N) is 1. The van der Waals surface area contributed by atoms with E-state index in [0.717, 1.165) is 43.4 Å². The van der Waals surface area contributed by atoms with Crippen molar-refractivity contribution in [2.75, 3.05) is 25.5 Å². The molecule has 1 N–H and O–H groups in total. The van der Waals surface area contributed by atoms with Gasteiger partial charge in [0.1, 0.15) is 5.00 Å². The average Bonchev–Trinajstić information content (AvgIpc) is 3.25. The molecule has 3 rings (SSSR count). The van der Waals surface area contributed by atoms with Gasteiger partial charge in [-0.25, -0.2) is 4.79 Å². The van der Waals surface area contributed by atoms with Crippen LogP contribution in [0, 0.1) is 0 Å². The summed E-state index contributed by atoms with van der Waals surface area (Å²) < 4.78 is 7.11. The molecule has 28 heavy (non-hydrogen) atoms. The summed E-state index contributed by atoms with van der Waals surface area (Å²) in [5.74, 6) is -0.466. The summed E-state index contributed by atoms with van der Waals surface area (Å²) in [5.41, 5.74) is 2.68. The lowest BCUT2D eigenvalue weighted by atomic mass is 9.95. The summed E-state index contributed by atoms with van der Waals surface area (Å²) in [6.07, 6.45) is 7.83. The number of aromatic nitrogens is 2. The Kier molecular flexibility index (Phi) is 6.85. The summed E-state index contributed by atoms with van der Waals surface area (Å²) in [5, 5.41) is 7.84. The first-order valence-electron chi connectivity index (χ1n) is 9.83. The lowest BCUT2D eigenvalue weighted by Crippen LogP contribution is -2.30. The number of hydrogen-bond acceptors (Lipinski definition) is 6. The van der Waals surface area contributed by atoms with E-state index in [9.17, 15) is 9.59 Å². The lowest BCUT2D eigenvalue weighted by Gasteiger charge is -2.15.